The lowest BCUT2D eigenvalue weighted by atomic mass is 9.96. The molecular weight excluding hydrogens is 568 g/mol. The molecule has 0 fully saturated rings. The number of nitrogens with one attached hydrogen (secondary N) is 2. The molecule has 0 spiro atoms. The summed E-state index contributed by atoms with van der Waals surface area (Å²) < 4.78 is 5.30. The van der Waals surface area contributed by atoms with Gasteiger partial charge in [0.1, 0.15) is 5.75 Å². The summed E-state index contributed by atoms with van der Waals surface area (Å²) in [6.45, 7) is 10.0. The number of nitrogens with two attached hydrogens (primary N) is 1. The fourth-order valence-corrected chi connectivity index (χ4v) is 5.18. The predicted molar refractivity (Wildman–Crippen MR) is 178 cm³/mol. The second-order valence-corrected chi connectivity index (χ2v) is 11.7. The van der Waals surface area contributed by atoms with Gasteiger partial charge in [0.05, 0.1) is 19.3 Å². The lowest BCUT2D eigenvalue weighted by Crippen LogP contribution is -2.48. The maximum absolute atomic E-state index is 13.7. The number of ether oxygens (including phenoxy) is 1. The Morgan fingerprint density at radius 1 is 0.889 bits per heavy atom. The summed E-state index contributed by atoms with van der Waals surface area (Å²) in [5, 5.41) is 17.6. The second kappa shape index (κ2) is 17.3. The lowest BCUT2D eigenvalue weighted by molar-refractivity contribution is 0.0755. The van der Waals surface area contributed by atoms with Gasteiger partial charge < -0.3 is 31.1 Å². The van der Waals surface area contributed by atoms with Crippen LogP contribution in [0.25, 0.3) is 0 Å². The van der Waals surface area contributed by atoms with Gasteiger partial charge in [0, 0.05) is 42.9 Å². The number of amides is 3. The maximum atomic E-state index is 13.7. The molecule has 242 valence electrons. The van der Waals surface area contributed by atoms with Gasteiger partial charge in [-0.1, -0.05) is 64.1 Å². The van der Waals surface area contributed by atoms with Gasteiger partial charge in [-0.2, -0.15) is 0 Å². The van der Waals surface area contributed by atoms with Gasteiger partial charge in [0.25, 0.3) is 11.8 Å². The molecular formula is C36H48N4O5. The number of carbonyl (C=O) groups excluding carboxylic acids is 3. The molecule has 9 heteroatoms. The van der Waals surface area contributed by atoms with Crippen LogP contribution in [-0.4, -0.2) is 66.6 Å². The number of primary amides is 1. The molecule has 0 aliphatic rings. The zero-order chi connectivity index (χ0) is 32.9. The smallest absolute Gasteiger partial charge is 0.253 e. The molecule has 0 aromatic heterocycles. The summed E-state index contributed by atoms with van der Waals surface area (Å²) in [6, 6.07) is 19.4. The third-order valence-electron chi connectivity index (χ3n) is 7.70. The van der Waals surface area contributed by atoms with Crippen molar-refractivity contribution in [2.45, 2.75) is 71.6 Å². The maximum Gasteiger partial charge on any atom is 0.253 e. The summed E-state index contributed by atoms with van der Waals surface area (Å²) in [4.78, 5) is 41.0. The van der Waals surface area contributed by atoms with E-state index in [2.05, 4.69) is 36.6 Å². The minimum absolute atomic E-state index is 0.0697. The molecule has 3 aromatic carbocycles. The quantitative estimate of drug-likeness (QED) is 0.174. The number of rotatable bonds is 17. The fraction of sp³-hybridized carbons (Fsp3) is 0.417. The van der Waals surface area contributed by atoms with Crippen molar-refractivity contribution in [1.29, 1.82) is 0 Å². The zero-order valence-corrected chi connectivity index (χ0v) is 27.1. The van der Waals surface area contributed by atoms with Crippen LogP contribution in [0.1, 0.15) is 94.2 Å². The SMILES string of the molecule is CCCN(CCC)C(=O)c1cc(C(N)=O)cc(C(=O)N[C@@H](Cc2ccc(C(C)C)cc2)[C@H](O)CNCc2cccc(OC)c2)c1. The lowest BCUT2D eigenvalue weighted by Gasteiger charge is -2.26. The van der Waals surface area contributed by atoms with E-state index >= 15 is 0 Å². The van der Waals surface area contributed by atoms with Crippen LogP contribution < -0.4 is 21.1 Å². The van der Waals surface area contributed by atoms with Gasteiger partial charge in [0.2, 0.25) is 5.91 Å². The Kier molecular flexibility index (Phi) is 13.6. The van der Waals surface area contributed by atoms with Crippen LogP contribution in [0, 0.1) is 0 Å². The van der Waals surface area contributed by atoms with E-state index in [1.165, 1.54) is 23.8 Å². The Morgan fingerprint density at radius 2 is 1.53 bits per heavy atom. The molecule has 45 heavy (non-hydrogen) atoms. The number of nitrogens with zero attached hydrogens (tertiary/aromatic N) is 1. The van der Waals surface area contributed by atoms with Crippen LogP contribution in [-0.2, 0) is 13.0 Å². The number of benzene rings is 3. The molecule has 0 radical (unpaired) electrons. The van der Waals surface area contributed by atoms with Crippen LogP contribution in [0.15, 0.2) is 66.7 Å². The summed E-state index contributed by atoms with van der Waals surface area (Å²) in [7, 11) is 1.61. The van der Waals surface area contributed by atoms with Crippen molar-refractivity contribution in [3.63, 3.8) is 0 Å². The van der Waals surface area contributed by atoms with Gasteiger partial charge in [-0.15, -0.1) is 0 Å². The first kappa shape index (κ1) is 35.3. The molecule has 5 N–H and O–H groups in total. The van der Waals surface area contributed by atoms with Crippen molar-refractivity contribution in [3.8, 4) is 5.75 Å². The number of hydrogen-bond acceptors (Lipinski definition) is 6. The number of hydrogen-bond donors (Lipinski definition) is 4. The summed E-state index contributed by atoms with van der Waals surface area (Å²) in [6.07, 6.45) is 0.971. The second-order valence-electron chi connectivity index (χ2n) is 11.7. The molecule has 0 heterocycles. The van der Waals surface area contributed by atoms with Gasteiger partial charge in [-0.05, 0) is 72.2 Å². The molecule has 2 atom stereocenters. The Labute approximate surface area is 267 Å². The summed E-state index contributed by atoms with van der Waals surface area (Å²) in [5.41, 5.74) is 9.16. The highest BCUT2D eigenvalue weighted by molar-refractivity contribution is 6.04. The third-order valence-corrected chi connectivity index (χ3v) is 7.70. The van der Waals surface area contributed by atoms with Gasteiger partial charge in [-0.3, -0.25) is 14.4 Å². The van der Waals surface area contributed by atoms with Crippen molar-refractivity contribution in [3.05, 3.63) is 100 Å². The zero-order valence-electron chi connectivity index (χ0n) is 27.1. The highest BCUT2D eigenvalue weighted by Gasteiger charge is 2.25. The standard InChI is InChI=1S/C36H48N4O5/c1-6-15-40(16-7-2)36(44)30-20-28(34(37)42)19-29(21-30)35(43)39-32(18-25-11-13-27(14-12-25)24(3)4)33(41)23-38-22-26-9-8-10-31(17-26)45-5/h8-14,17,19-21,24,32-33,38,41H,6-7,15-16,18,22-23H2,1-5H3,(H2,37,42)(H,39,43)/t32-,33+/m0/s1. The normalized spacial score (nSPS) is 12.4. The monoisotopic (exact) mass is 616 g/mol. The van der Waals surface area contributed by atoms with Crippen molar-refractivity contribution in [1.82, 2.24) is 15.5 Å². The highest BCUT2D eigenvalue weighted by Crippen LogP contribution is 2.18. The fourth-order valence-electron chi connectivity index (χ4n) is 5.18. The molecule has 3 rings (SSSR count). The van der Waals surface area contributed by atoms with Crippen LogP contribution in [0.4, 0.5) is 0 Å². The van der Waals surface area contributed by atoms with Crippen LogP contribution in [0.5, 0.6) is 5.75 Å². The third kappa shape index (κ3) is 10.4. The molecule has 0 saturated heterocycles. The Hall–Kier alpha value is -4.21. The van der Waals surface area contributed by atoms with Crippen molar-refractivity contribution in [2.24, 2.45) is 5.73 Å². The summed E-state index contributed by atoms with van der Waals surface area (Å²) in [5.74, 6) is -0.395. The first-order valence-electron chi connectivity index (χ1n) is 15.7. The van der Waals surface area contributed by atoms with Crippen molar-refractivity contribution in [2.75, 3.05) is 26.7 Å². The van der Waals surface area contributed by atoms with E-state index in [1.807, 2.05) is 50.2 Å². The highest BCUT2D eigenvalue weighted by atomic mass is 16.5. The van der Waals surface area contributed by atoms with E-state index in [4.69, 9.17) is 10.5 Å². The van der Waals surface area contributed by atoms with E-state index < -0.39 is 24.0 Å². The molecule has 9 nitrogen and oxygen atoms in total. The largest absolute Gasteiger partial charge is 0.497 e. The van der Waals surface area contributed by atoms with E-state index in [1.54, 1.807) is 12.0 Å². The van der Waals surface area contributed by atoms with E-state index in [0.29, 0.717) is 32.0 Å². The van der Waals surface area contributed by atoms with E-state index in [0.717, 1.165) is 29.7 Å². The average molecular weight is 617 g/mol. The van der Waals surface area contributed by atoms with Crippen LogP contribution in [0.2, 0.25) is 0 Å². The number of aliphatic hydroxyl groups excluding tert-OH is 1. The van der Waals surface area contributed by atoms with Gasteiger partial charge >= 0.3 is 0 Å². The van der Waals surface area contributed by atoms with E-state index in [9.17, 15) is 19.5 Å². The van der Waals surface area contributed by atoms with Crippen molar-refractivity contribution >= 4 is 17.7 Å². The van der Waals surface area contributed by atoms with Gasteiger partial charge in [0.15, 0.2) is 0 Å². The first-order valence-corrected chi connectivity index (χ1v) is 15.7. The number of aliphatic hydroxyl groups is 1. The van der Waals surface area contributed by atoms with Crippen LogP contribution >= 0.6 is 0 Å². The van der Waals surface area contributed by atoms with E-state index in [-0.39, 0.29) is 29.1 Å². The first-order chi connectivity index (χ1) is 21.6. The minimum atomic E-state index is -0.950. The molecule has 3 amide bonds. The number of carbonyl (C=O) groups is 3. The Bertz CT molecular complexity index is 1420. The molecule has 0 aliphatic heterocycles. The molecule has 0 saturated carbocycles. The molecule has 0 bridgehead atoms. The average Bonchev–Trinajstić information content (AvgIpc) is 3.04. The predicted octanol–water partition coefficient (Wildman–Crippen LogP) is 4.67. The Balaban J connectivity index is 1.86. The van der Waals surface area contributed by atoms with Gasteiger partial charge in [-0.25, -0.2) is 0 Å². The topological polar surface area (TPSA) is 134 Å². The summed E-state index contributed by atoms with van der Waals surface area (Å²) >= 11 is 0. The number of methoxy groups -OCH3 is 1. The minimum Gasteiger partial charge on any atom is -0.497 e. The molecule has 3 aromatic rings. The van der Waals surface area contributed by atoms with Crippen LogP contribution in [0.3, 0.4) is 0 Å². The van der Waals surface area contributed by atoms with Crippen molar-refractivity contribution < 1.29 is 24.2 Å². The molecule has 0 aliphatic carbocycles. The molecule has 0 unspecified atom stereocenters. The Morgan fingerprint density at radius 3 is 2.13 bits per heavy atom.